The average molecular weight is 209 g/mol. The van der Waals surface area contributed by atoms with Crippen molar-refractivity contribution < 1.29 is 14.6 Å². The van der Waals surface area contributed by atoms with Crippen LogP contribution in [0, 0.1) is 0 Å². The monoisotopic (exact) mass is 209 g/mol. The fourth-order valence-electron chi connectivity index (χ4n) is 1.22. The van der Waals surface area contributed by atoms with E-state index in [-0.39, 0.29) is 19.1 Å². The Morgan fingerprint density at radius 1 is 1.47 bits per heavy atom. The first-order chi connectivity index (χ1) is 7.26. The second-order valence-corrected chi connectivity index (χ2v) is 3.16. The number of carbonyl (C=O) groups is 1. The summed E-state index contributed by atoms with van der Waals surface area (Å²) in [4.78, 5) is 10.8. The van der Waals surface area contributed by atoms with Gasteiger partial charge in [0.05, 0.1) is 20.3 Å². The molecular weight excluding hydrogens is 194 g/mol. The van der Waals surface area contributed by atoms with E-state index in [1.54, 1.807) is 0 Å². The molecule has 0 aliphatic carbocycles. The van der Waals surface area contributed by atoms with Gasteiger partial charge in [-0.05, 0) is 11.1 Å². The van der Waals surface area contributed by atoms with E-state index in [1.165, 1.54) is 7.11 Å². The fourth-order valence-corrected chi connectivity index (χ4v) is 1.22. The van der Waals surface area contributed by atoms with Crippen molar-refractivity contribution in [1.82, 2.24) is 5.32 Å². The third-order valence-electron chi connectivity index (χ3n) is 2.00. The third-order valence-corrected chi connectivity index (χ3v) is 2.00. The van der Waals surface area contributed by atoms with Crippen molar-refractivity contribution in [2.45, 2.75) is 13.2 Å². The van der Waals surface area contributed by atoms with E-state index >= 15 is 0 Å². The highest BCUT2D eigenvalue weighted by Gasteiger charge is 1.99. The molecule has 0 fully saturated rings. The summed E-state index contributed by atoms with van der Waals surface area (Å²) in [5.41, 5.74) is 1.90. The summed E-state index contributed by atoms with van der Waals surface area (Å²) in [7, 11) is 1.36. The van der Waals surface area contributed by atoms with E-state index in [1.807, 2.05) is 24.3 Å². The van der Waals surface area contributed by atoms with Crippen LogP contribution in [0.1, 0.15) is 11.1 Å². The number of esters is 1. The SMILES string of the molecule is COC(=O)CNCc1cccc(CO)c1. The van der Waals surface area contributed by atoms with Crippen molar-refractivity contribution in [3.63, 3.8) is 0 Å². The van der Waals surface area contributed by atoms with Gasteiger partial charge < -0.3 is 15.2 Å². The molecule has 0 bridgehead atoms. The number of aliphatic hydroxyl groups excluding tert-OH is 1. The standard InChI is InChI=1S/C11H15NO3/c1-15-11(14)7-12-6-9-3-2-4-10(5-9)8-13/h2-5,12-13H,6-8H2,1H3. The van der Waals surface area contributed by atoms with Crippen molar-refractivity contribution in [3.8, 4) is 0 Å². The highest BCUT2D eigenvalue weighted by molar-refractivity contribution is 5.71. The first-order valence-corrected chi connectivity index (χ1v) is 4.72. The van der Waals surface area contributed by atoms with E-state index < -0.39 is 0 Å². The molecule has 0 saturated carbocycles. The molecule has 15 heavy (non-hydrogen) atoms. The van der Waals surface area contributed by atoms with Crippen LogP contribution >= 0.6 is 0 Å². The van der Waals surface area contributed by atoms with Gasteiger partial charge in [0.2, 0.25) is 0 Å². The molecule has 2 N–H and O–H groups in total. The van der Waals surface area contributed by atoms with Gasteiger partial charge in [0.1, 0.15) is 0 Å². The zero-order chi connectivity index (χ0) is 11.1. The van der Waals surface area contributed by atoms with E-state index in [2.05, 4.69) is 10.1 Å². The van der Waals surface area contributed by atoms with Gasteiger partial charge in [-0.25, -0.2) is 0 Å². The number of hydrogen-bond acceptors (Lipinski definition) is 4. The maximum atomic E-state index is 10.8. The number of hydrogen-bond donors (Lipinski definition) is 2. The summed E-state index contributed by atoms with van der Waals surface area (Å²) in [6, 6.07) is 7.55. The van der Waals surface area contributed by atoms with Gasteiger partial charge >= 0.3 is 5.97 Å². The highest BCUT2D eigenvalue weighted by atomic mass is 16.5. The second-order valence-electron chi connectivity index (χ2n) is 3.16. The van der Waals surface area contributed by atoms with Crippen LogP contribution in [0.3, 0.4) is 0 Å². The van der Waals surface area contributed by atoms with Crippen molar-refractivity contribution in [3.05, 3.63) is 35.4 Å². The Hall–Kier alpha value is -1.39. The molecule has 0 amide bonds. The summed E-state index contributed by atoms with van der Waals surface area (Å²) in [5.74, 6) is -0.284. The highest BCUT2D eigenvalue weighted by Crippen LogP contribution is 2.04. The smallest absolute Gasteiger partial charge is 0.319 e. The Morgan fingerprint density at radius 3 is 2.87 bits per heavy atom. The van der Waals surface area contributed by atoms with Gasteiger partial charge in [0, 0.05) is 6.54 Å². The first kappa shape index (κ1) is 11.7. The molecule has 0 heterocycles. The zero-order valence-electron chi connectivity index (χ0n) is 8.69. The van der Waals surface area contributed by atoms with E-state index in [4.69, 9.17) is 5.11 Å². The average Bonchev–Trinajstić information content (AvgIpc) is 2.29. The molecule has 0 aliphatic rings. The minimum atomic E-state index is -0.284. The number of rotatable bonds is 5. The molecule has 4 heteroatoms. The number of methoxy groups -OCH3 is 1. The molecule has 1 aromatic rings. The number of carbonyl (C=O) groups excluding carboxylic acids is 1. The lowest BCUT2D eigenvalue weighted by atomic mass is 10.1. The third kappa shape index (κ3) is 4.10. The van der Waals surface area contributed by atoms with Crippen LogP contribution in [0.15, 0.2) is 24.3 Å². The Morgan fingerprint density at radius 2 is 2.20 bits per heavy atom. The first-order valence-electron chi connectivity index (χ1n) is 4.72. The molecule has 0 aliphatic heterocycles. The zero-order valence-corrected chi connectivity index (χ0v) is 8.69. The molecule has 4 nitrogen and oxygen atoms in total. The Balaban J connectivity index is 2.40. The molecule has 0 saturated heterocycles. The maximum Gasteiger partial charge on any atom is 0.319 e. The lowest BCUT2D eigenvalue weighted by molar-refractivity contribution is -0.139. The minimum Gasteiger partial charge on any atom is -0.468 e. The van der Waals surface area contributed by atoms with Crippen LogP contribution in [0.5, 0.6) is 0 Å². The lowest BCUT2D eigenvalue weighted by Crippen LogP contribution is -2.23. The van der Waals surface area contributed by atoms with Crippen molar-refractivity contribution in [2.24, 2.45) is 0 Å². The number of aliphatic hydroxyl groups is 1. The molecule has 0 aromatic heterocycles. The van der Waals surface area contributed by atoms with Crippen LogP contribution in [0.2, 0.25) is 0 Å². The van der Waals surface area contributed by atoms with E-state index in [0.29, 0.717) is 6.54 Å². The largest absolute Gasteiger partial charge is 0.468 e. The molecule has 0 atom stereocenters. The van der Waals surface area contributed by atoms with Gasteiger partial charge in [-0.3, -0.25) is 4.79 Å². The predicted molar refractivity (Wildman–Crippen MR) is 56.1 cm³/mol. The number of benzene rings is 1. The summed E-state index contributed by atoms with van der Waals surface area (Å²) in [5, 5.41) is 11.9. The number of ether oxygens (including phenoxy) is 1. The molecule has 0 radical (unpaired) electrons. The van der Waals surface area contributed by atoms with E-state index in [9.17, 15) is 4.79 Å². The Bertz CT molecular complexity index is 325. The van der Waals surface area contributed by atoms with Gasteiger partial charge in [-0.15, -0.1) is 0 Å². The summed E-state index contributed by atoms with van der Waals surface area (Å²) >= 11 is 0. The molecule has 0 unspecified atom stereocenters. The van der Waals surface area contributed by atoms with E-state index in [0.717, 1.165) is 11.1 Å². The van der Waals surface area contributed by atoms with Gasteiger partial charge in [0.25, 0.3) is 0 Å². The summed E-state index contributed by atoms with van der Waals surface area (Å²) < 4.78 is 4.49. The molecule has 82 valence electrons. The van der Waals surface area contributed by atoms with Gasteiger partial charge in [-0.2, -0.15) is 0 Å². The summed E-state index contributed by atoms with van der Waals surface area (Å²) in [6.45, 7) is 0.813. The summed E-state index contributed by atoms with van der Waals surface area (Å²) in [6.07, 6.45) is 0. The lowest BCUT2D eigenvalue weighted by Gasteiger charge is -2.04. The molecular formula is C11H15NO3. The maximum absolute atomic E-state index is 10.8. The van der Waals surface area contributed by atoms with Gasteiger partial charge in [-0.1, -0.05) is 24.3 Å². The fraction of sp³-hybridized carbons (Fsp3) is 0.364. The van der Waals surface area contributed by atoms with Crippen LogP contribution in [0.4, 0.5) is 0 Å². The topological polar surface area (TPSA) is 58.6 Å². The van der Waals surface area contributed by atoms with Crippen molar-refractivity contribution in [1.29, 1.82) is 0 Å². The molecule has 1 aromatic carbocycles. The molecule has 1 rings (SSSR count). The van der Waals surface area contributed by atoms with Crippen molar-refractivity contribution in [2.75, 3.05) is 13.7 Å². The Labute approximate surface area is 88.9 Å². The predicted octanol–water partition coefficient (Wildman–Crippen LogP) is 0.441. The second kappa shape index (κ2) is 6.16. The van der Waals surface area contributed by atoms with Crippen molar-refractivity contribution >= 4 is 5.97 Å². The number of nitrogens with one attached hydrogen (secondary N) is 1. The van der Waals surface area contributed by atoms with Crippen LogP contribution in [-0.4, -0.2) is 24.7 Å². The van der Waals surface area contributed by atoms with Crippen LogP contribution in [-0.2, 0) is 22.7 Å². The quantitative estimate of drug-likeness (QED) is 0.691. The van der Waals surface area contributed by atoms with Crippen LogP contribution in [0.25, 0.3) is 0 Å². The van der Waals surface area contributed by atoms with Gasteiger partial charge in [0.15, 0.2) is 0 Å². The van der Waals surface area contributed by atoms with Crippen LogP contribution < -0.4 is 5.32 Å². The minimum absolute atomic E-state index is 0.0326. The molecule has 0 spiro atoms. The Kier molecular flexibility index (Phi) is 4.80. The normalized spacial score (nSPS) is 10.0.